The number of hydrogen-bond donors (Lipinski definition) is 1. The molecule has 2 aliphatic rings. The van der Waals surface area contributed by atoms with Gasteiger partial charge in [-0.15, -0.1) is 0 Å². The van der Waals surface area contributed by atoms with Gasteiger partial charge in [-0.05, 0) is 30.5 Å². The molecule has 1 fully saturated rings. The predicted octanol–water partition coefficient (Wildman–Crippen LogP) is 2.09. The summed E-state index contributed by atoms with van der Waals surface area (Å²) >= 11 is 0. The minimum atomic E-state index is -0.268. The molecule has 2 atom stereocenters. The molecular formula is C13H17NO. The number of benzene rings is 1. The van der Waals surface area contributed by atoms with Gasteiger partial charge in [-0.1, -0.05) is 30.7 Å². The molecule has 2 nitrogen and oxygen atoms in total. The molecule has 0 aromatic heterocycles. The van der Waals surface area contributed by atoms with E-state index in [9.17, 15) is 5.11 Å². The van der Waals surface area contributed by atoms with Gasteiger partial charge >= 0.3 is 0 Å². The fraction of sp³-hybridized carbons (Fsp3) is 0.538. The molecule has 2 heterocycles. The lowest BCUT2D eigenvalue weighted by Gasteiger charge is -2.43. The van der Waals surface area contributed by atoms with Gasteiger partial charge in [0.15, 0.2) is 0 Å². The molecule has 0 aliphatic carbocycles. The zero-order valence-electron chi connectivity index (χ0n) is 8.89. The average molecular weight is 203 g/mol. The van der Waals surface area contributed by atoms with Gasteiger partial charge in [-0.3, -0.25) is 4.90 Å². The summed E-state index contributed by atoms with van der Waals surface area (Å²) in [5.41, 5.74) is 2.46. The summed E-state index contributed by atoms with van der Waals surface area (Å²) < 4.78 is 0. The quantitative estimate of drug-likeness (QED) is 0.698. The maximum atomic E-state index is 10.3. The second-order valence-corrected chi connectivity index (χ2v) is 4.68. The van der Waals surface area contributed by atoms with Crippen molar-refractivity contribution < 1.29 is 5.11 Å². The first-order valence-corrected chi connectivity index (χ1v) is 5.86. The summed E-state index contributed by atoms with van der Waals surface area (Å²) in [5, 5.41) is 10.3. The Morgan fingerprint density at radius 2 is 2.07 bits per heavy atom. The standard InChI is InChI=1S/C13H17NO/c15-13-11-6-2-1-5-10(11)9-14-8-4-3-7-12(13)14/h1-2,5-6,12-13,15H,3-4,7-9H2. The highest BCUT2D eigenvalue weighted by atomic mass is 16.3. The summed E-state index contributed by atoms with van der Waals surface area (Å²) in [6.07, 6.45) is 3.43. The SMILES string of the molecule is OC1c2ccccc2CN2CCCCC12. The summed E-state index contributed by atoms with van der Waals surface area (Å²) in [6.45, 7) is 2.17. The Kier molecular flexibility index (Phi) is 2.26. The monoisotopic (exact) mass is 203 g/mol. The first kappa shape index (κ1) is 9.37. The van der Waals surface area contributed by atoms with Crippen LogP contribution in [-0.4, -0.2) is 22.6 Å². The molecule has 2 unspecified atom stereocenters. The molecule has 1 saturated heterocycles. The van der Waals surface area contributed by atoms with Crippen LogP contribution in [0.5, 0.6) is 0 Å². The third kappa shape index (κ3) is 1.48. The fourth-order valence-corrected chi connectivity index (χ4v) is 2.96. The Bertz CT molecular complexity index is 363. The van der Waals surface area contributed by atoms with Gasteiger partial charge in [0.1, 0.15) is 0 Å². The molecule has 15 heavy (non-hydrogen) atoms. The third-order valence-electron chi connectivity index (χ3n) is 3.78. The Balaban J connectivity index is 1.98. The Labute approximate surface area is 90.5 Å². The molecule has 0 bridgehead atoms. The van der Waals surface area contributed by atoms with Gasteiger partial charge in [0.2, 0.25) is 0 Å². The van der Waals surface area contributed by atoms with Crippen LogP contribution >= 0.6 is 0 Å². The lowest BCUT2D eigenvalue weighted by molar-refractivity contribution is 0.00603. The molecule has 0 saturated carbocycles. The lowest BCUT2D eigenvalue weighted by Crippen LogP contribution is -2.46. The highest BCUT2D eigenvalue weighted by Gasteiger charge is 2.34. The maximum Gasteiger partial charge on any atom is 0.0948 e. The van der Waals surface area contributed by atoms with E-state index in [0.717, 1.165) is 25.1 Å². The number of aliphatic hydroxyl groups is 1. The predicted molar refractivity (Wildman–Crippen MR) is 59.5 cm³/mol. The molecule has 0 spiro atoms. The zero-order chi connectivity index (χ0) is 10.3. The third-order valence-corrected chi connectivity index (χ3v) is 3.78. The second kappa shape index (κ2) is 3.62. The Morgan fingerprint density at radius 3 is 3.00 bits per heavy atom. The molecule has 0 radical (unpaired) electrons. The van der Waals surface area contributed by atoms with Crippen molar-refractivity contribution in [2.75, 3.05) is 6.54 Å². The smallest absolute Gasteiger partial charge is 0.0948 e. The molecule has 1 aromatic carbocycles. The molecule has 1 aromatic rings. The van der Waals surface area contributed by atoms with Crippen LogP contribution in [0.25, 0.3) is 0 Å². The van der Waals surface area contributed by atoms with Gasteiger partial charge < -0.3 is 5.11 Å². The van der Waals surface area contributed by atoms with Crippen molar-refractivity contribution in [3.63, 3.8) is 0 Å². The number of fused-ring (bicyclic) bond motifs is 2. The van der Waals surface area contributed by atoms with Gasteiger partial charge in [0.05, 0.1) is 6.10 Å². The normalized spacial score (nSPS) is 30.7. The summed E-state index contributed by atoms with van der Waals surface area (Å²) in [6, 6.07) is 8.68. The zero-order valence-corrected chi connectivity index (χ0v) is 8.89. The van der Waals surface area contributed by atoms with Crippen LogP contribution in [-0.2, 0) is 6.54 Å². The van der Waals surface area contributed by atoms with Crippen LogP contribution < -0.4 is 0 Å². The fourth-order valence-electron chi connectivity index (χ4n) is 2.96. The summed E-state index contributed by atoms with van der Waals surface area (Å²) in [7, 11) is 0. The van der Waals surface area contributed by atoms with Crippen LogP contribution in [0, 0.1) is 0 Å². The largest absolute Gasteiger partial charge is 0.387 e. The molecule has 1 N–H and O–H groups in total. The van der Waals surface area contributed by atoms with E-state index < -0.39 is 0 Å². The lowest BCUT2D eigenvalue weighted by atomic mass is 9.86. The van der Waals surface area contributed by atoms with E-state index in [1.54, 1.807) is 0 Å². The van der Waals surface area contributed by atoms with Crippen molar-refractivity contribution in [2.24, 2.45) is 0 Å². The van der Waals surface area contributed by atoms with E-state index in [4.69, 9.17) is 0 Å². The minimum Gasteiger partial charge on any atom is -0.387 e. The highest BCUT2D eigenvalue weighted by molar-refractivity contribution is 5.32. The van der Waals surface area contributed by atoms with Crippen molar-refractivity contribution in [3.05, 3.63) is 35.4 Å². The molecule has 80 valence electrons. The van der Waals surface area contributed by atoms with Crippen LogP contribution in [0.2, 0.25) is 0 Å². The van der Waals surface area contributed by atoms with E-state index in [0.29, 0.717) is 6.04 Å². The van der Waals surface area contributed by atoms with Crippen molar-refractivity contribution in [1.29, 1.82) is 0 Å². The van der Waals surface area contributed by atoms with Gasteiger partial charge in [-0.25, -0.2) is 0 Å². The summed E-state index contributed by atoms with van der Waals surface area (Å²) in [5.74, 6) is 0. The van der Waals surface area contributed by atoms with Crippen molar-refractivity contribution >= 4 is 0 Å². The van der Waals surface area contributed by atoms with E-state index >= 15 is 0 Å². The topological polar surface area (TPSA) is 23.5 Å². The highest BCUT2D eigenvalue weighted by Crippen LogP contribution is 2.35. The Hall–Kier alpha value is -0.860. The molecule has 2 aliphatic heterocycles. The van der Waals surface area contributed by atoms with Gasteiger partial charge in [-0.2, -0.15) is 0 Å². The van der Waals surface area contributed by atoms with Crippen molar-refractivity contribution in [3.8, 4) is 0 Å². The van der Waals surface area contributed by atoms with Crippen molar-refractivity contribution in [1.82, 2.24) is 4.90 Å². The average Bonchev–Trinajstić information content (AvgIpc) is 2.30. The van der Waals surface area contributed by atoms with E-state index in [-0.39, 0.29) is 6.10 Å². The van der Waals surface area contributed by atoms with Crippen molar-refractivity contribution in [2.45, 2.75) is 38.0 Å². The first-order valence-electron chi connectivity index (χ1n) is 5.86. The van der Waals surface area contributed by atoms with E-state index in [2.05, 4.69) is 23.1 Å². The van der Waals surface area contributed by atoms with E-state index in [1.165, 1.54) is 18.4 Å². The number of aliphatic hydroxyl groups excluding tert-OH is 1. The maximum absolute atomic E-state index is 10.3. The Morgan fingerprint density at radius 1 is 1.20 bits per heavy atom. The summed E-state index contributed by atoms with van der Waals surface area (Å²) in [4.78, 5) is 2.44. The number of rotatable bonds is 0. The van der Waals surface area contributed by atoms with E-state index in [1.807, 2.05) is 6.07 Å². The van der Waals surface area contributed by atoms with Gasteiger partial charge in [0.25, 0.3) is 0 Å². The van der Waals surface area contributed by atoms with Crippen LogP contribution in [0.3, 0.4) is 0 Å². The molecule has 3 rings (SSSR count). The second-order valence-electron chi connectivity index (χ2n) is 4.68. The van der Waals surface area contributed by atoms with Gasteiger partial charge in [0, 0.05) is 12.6 Å². The number of piperidine rings is 1. The minimum absolute atomic E-state index is 0.268. The number of hydrogen-bond acceptors (Lipinski definition) is 2. The molecular weight excluding hydrogens is 186 g/mol. The molecule has 2 heteroatoms. The van der Waals surface area contributed by atoms with Crippen LogP contribution in [0.4, 0.5) is 0 Å². The first-order chi connectivity index (χ1) is 7.36. The van der Waals surface area contributed by atoms with Crippen LogP contribution in [0.1, 0.15) is 36.5 Å². The van der Waals surface area contributed by atoms with Crippen LogP contribution in [0.15, 0.2) is 24.3 Å². The molecule has 0 amide bonds. The number of nitrogens with zero attached hydrogens (tertiary/aromatic N) is 1.